The molecule has 0 bridgehead atoms. The average Bonchev–Trinajstić information content (AvgIpc) is 2.59. The van der Waals surface area contributed by atoms with Crippen LogP contribution in [0.15, 0.2) is 59.2 Å². The van der Waals surface area contributed by atoms with Gasteiger partial charge >= 0.3 is 0 Å². The van der Waals surface area contributed by atoms with Crippen molar-refractivity contribution in [3.8, 4) is 11.3 Å². The number of amides is 1. The predicted molar refractivity (Wildman–Crippen MR) is 98.6 cm³/mol. The third-order valence-corrected chi connectivity index (χ3v) is 4.15. The summed E-state index contributed by atoms with van der Waals surface area (Å²) >= 11 is 3.37. The molecule has 6 heteroatoms. The molecule has 4 nitrogen and oxygen atoms in total. The highest BCUT2D eigenvalue weighted by molar-refractivity contribution is 9.10. The summed E-state index contributed by atoms with van der Waals surface area (Å²) in [5.74, 6) is -0.0347. The molecule has 0 fully saturated rings. The molecule has 0 aliphatic heterocycles. The number of carbonyl (C=O) groups is 1. The Balaban J connectivity index is 1.71. The predicted octanol–water partition coefficient (Wildman–Crippen LogP) is 4.53. The van der Waals surface area contributed by atoms with Crippen LogP contribution in [-0.4, -0.2) is 15.9 Å². The molecule has 1 heterocycles. The number of benzene rings is 2. The minimum absolute atomic E-state index is 0.158. The minimum Gasteiger partial charge on any atom is -0.309 e. The van der Waals surface area contributed by atoms with E-state index in [2.05, 4.69) is 31.2 Å². The van der Waals surface area contributed by atoms with E-state index in [-0.39, 0.29) is 18.1 Å². The van der Waals surface area contributed by atoms with Gasteiger partial charge in [0, 0.05) is 10.0 Å². The van der Waals surface area contributed by atoms with Gasteiger partial charge in [-0.15, -0.1) is 0 Å². The van der Waals surface area contributed by atoms with Gasteiger partial charge < -0.3 is 5.32 Å². The highest BCUT2D eigenvalue weighted by Crippen LogP contribution is 2.20. The lowest BCUT2D eigenvalue weighted by molar-refractivity contribution is -0.115. The molecular weight excluding hydrogens is 385 g/mol. The van der Waals surface area contributed by atoms with E-state index in [1.54, 1.807) is 25.3 Å². The highest BCUT2D eigenvalue weighted by atomic mass is 79.9. The summed E-state index contributed by atoms with van der Waals surface area (Å²) in [7, 11) is 0. The normalized spacial score (nSPS) is 10.5. The van der Waals surface area contributed by atoms with Crippen molar-refractivity contribution in [2.45, 2.75) is 13.3 Å². The monoisotopic (exact) mass is 399 g/mol. The first-order valence-corrected chi connectivity index (χ1v) is 8.44. The number of nitrogens with one attached hydrogen (secondary N) is 1. The lowest BCUT2D eigenvalue weighted by Gasteiger charge is -2.09. The molecule has 126 valence electrons. The van der Waals surface area contributed by atoms with Gasteiger partial charge in [-0.2, -0.15) is 0 Å². The fraction of sp³-hybridized carbons (Fsp3) is 0.105. The van der Waals surface area contributed by atoms with E-state index in [0.29, 0.717) is 17.2 Å². The zero-order valence-electron chi connectivity index (χ0n) is 13.5. The lowest BCUT2D eigenvalue weighted by Crippen LogP contribution is -2.16. The summed E-state index contributed by atoms with van der Waals surface area (Å²) < 4.78 is 14.0. The fourth-order valence-corrected chi connectivity index (χ4v) is 2.59. The van der Waals surface area contributed by atoms with E-state index < -0.39 is 0 Å². The largest absolute Gasteiger partial charge is 0.309 e. The standard InChI is InChI=1S/C19H15BrFN3O/c1-12-19(24-18(25)10-13-2-6-15(20)7-3-13)22-11-17(23-12)14-4-8-16(21)9-5-14/h2-9,11H,10H2,1H3,(H,22,24,25). The van der Waals surface area contributed by atoms with E-state index in [0.717, 1.165) is 15.6 Å². The molecular formula is C19H15BrFN3O. The minimum atomic E-state index is -0.301. The van der Waals surface area contributed by atoms with Gasteiger partial charge in [0.2, 0.25) is 5.91 Å². The van der Waals surface area contributed by atoms with Crippen molar-refractivity contribution in [3.05, 3.63) is 76.3 Å². The van der Waals surface area contributed by atoms with Gasteiger partial charge in [-0.25, -0.2) is 14.4 Å². The lowest BCUT2D eigenvalue weighted by atomic mass is 10.1. The number of nitrogens with zero attached hydrogens (tertiary/aromatic N) is 2. The van der Waals surface area contributed by atoms with Crippen LogP contribution in [0.3, 0.4) is 0 Å². The Hall–Kier alpha value is -2.60. The van der Waals surface area contributed by atoms with Crippen molar-refractivity contribution in [2.24, 2.45) is 0 Å². The van der Waals surface area contributed by atoms with Gasteiger partial charge in [0.25, 0.3) is 0 Å². The van der Waals surface area contributed by atoms with E-state index in [9.17, 15) is 9.18 Å². The SMILES string of the molecule is Cc1nc(-c2ccc(F)cc2)cnc1NC(=O)Cc1ccc(Br)cc1. The molecule has 0 saturated carbocycles. The van der Waals surface area contributed by atoms with Crippen LogP contribution >= 0.6 is 15.9 Å². The summed E-state index contributed by atoms with van der Waals surface area (Å²) in [5.41, 5.74) is 2.91. The number of hydrogen-bond acceptors (Lipinski definition) is 3. The molecule has 1 aromatic heterocycles. The number of carbonyl (C=O) groups excluding carboxylic acids is 1. The molecule has 0 spiro atoms. The van der Waals surface area contributed by atoms with Crippen LogP contribution in [0.4, 0.5) is 10.2 Å². The van der Waals surface area contributed by atoms with Crippen LogP contribution in [0, 0.1) is 12.7 Å². The average molecular weight is 400 g/mol. The number of halogens is 2. The Morgan fingerprint density at radius 3 is 2.44 bits per heavy atom. The highest BCUT2D eigenvalue weighted by Gasteiger charge is 2.10. The fourth-order valence-electron chi connectivity index (χ4n) is 2.33. The molecule has 3 rings (SSSR count). The first-order chi connectivity index (χ1) is 12.0. The van der Waals surface area contributed by atoms with Gasteiger partial charge in [0.1, 0.15) is 5.82 Å². The molecule has 0 aliphatic carbocycles. The van der Waals surface area contributed by atoms with Crippen LogP contribution < -0.4 is 5.32 Å². The number of aryl methyl sites for hydroxylation is 1. The Morgan fingerprint density at radius 1 is 1.12 bits per heavy atom. The Kier molecular flexibility index (Phi) is 5.19. The van der Waals surface area contributed by atoms with Crippen molar-refractivity contribution in [2.75, 3.05) is 5.32 Å². The zero-order valence-corrected chi connectivity index (χ0v) is 15.0. The Labute approximate surface area is 153 Å². The van der Waals surface area contributed by atoms with E-state index in [1.165, 1.54) is 12.1 Å². The van der Waals surface area contributed by atoms with Crippen molar-refractivity contribution in [1.29, 1.82) is 0 Å². The molecule has 25 heavy (non-hydrogen) atoms. The van der Waals surface area contributed by atoms with E-state index in [4.69, 9.17) is 0 Å². The zero-order chi connectivity index (χ0) is 17.8. The molecule has 0 aliphatic rings. The third-order valence-electron chi connectivity index (χ3n) is 3.62. The summed E-state index contributed by atoms with van der Waals surface area (Å²) in [4.78, 5) is 20.9. The quantitative estimate of drug-likeness (QED) is 0.700. The molecule has 0 atom stereocenters. The van der Waals surface area contributed by atoms with Crippen LogP contribution in [-0.2, 0) is 11.2 Å². The second kappa shape index (κ2) is 7.53. The van der Waals surface area contributed by atoms with Crippen LogP contribution in [0.1, 0.15) is 11.3 Å². The van der Waals surface area contributed by atoms with Gasteiger partial charge in [-0.3, -0.25) is 4.79 Å². The number of rotatable bonds is 4. The van der Waals surface area contributed by atoms with Crippen molar-refractivity contribution in [3.63, 3.8) is 0 Å². The van der Waals surface area contributed by atoms with E-state index >= 15 is 0 Å². The summed E-state index contributed by atoms with van der Waals surface area (Å²) in [5, 5.41) is 2.78. The molecule has 1 N–H and O–H groups in total. The van der Waals surface area contributed by atoms with Gasteiger partial charge in [0.05, 0.1) is 24.0 Å². The van der Waals surface area contributed by atoms with Crippen LogP contribution in [0.25, 0.3) is 11.3 Å². The first kappa shape index (κ1) is 17.2. The second-order valence-electron chi connectivity index (χ2n) is 5.55. The van der Waals surface area contributed by atoms with Crippen LogP contribution in [0.5, 0.6) is 0 Å². The van der Waals surface area contributed by atoms with Crippen molar-refractivity contribution >= 4 is 27.7 Å². The summed E-state index contributed by atoms with van der Waals surface area (Å²) in [6.45, 7) is 1.77. The molecule has 3 aromatic rings. The number of anilines is 1. The molecule has 1 amide bonds. The first-order valence-electron chi connectivity index (χ1n) is 7.65. The van der Waals surface area contributed by atoms with Gasteiger partial charge in [-0.1, -0.05) is 28.1 Å². The molecule has 0 unspecified atom stereocenters. The molecule has 2 aromatic carbocycles. The molecule has 0 saturated heterocycles. The van der Waals surface area contributed by atoms with E-state index in [1.807, 2.05) is 24.3 Å². The summed E-state index contributed by atoms with van der Waals surface area (Å²) in [6.07, 6.45) is 1.82. The topological polar surface area (TPSA) is 54.9 Å². The maximum atomic E-state index is 13.0. The number of aromatic nitrogens is 2. The van der Waals surface area contributed by atoms with Crippen molar-refractivity contribution in [1.82, 2.24) is 9.97 Å². The third kappa shape index (κ3) is 4.48. The molecule has 0 radical (unpaired) electrons. The smallest absolute Gasteiger partial charge is 0.229 e. The maximum Gasteiger partial charge on any atom is 0.229 e. The van der Waals surface area contributed by atoms with Crippen molar-refractivity contribution < 1.29 is 9.18 Å². The second-order valence-corrected chi connectivity index (χ2v) is 6.46. The Bertz CT molecular complexity index is 896. The van der Waals surface area contributed by atoms with Crippen LogP contribution in [0.2, 0.25) is 0 Å². The van der Waals surface area contributed by atoms with Gasteiger partial charge in [-0.05, 0) is 48.9 Å². The Morgan fingerprint density at radius 2 is 1.80 bits per heavy atom. The summed E-state index contributed by atoms with van der Waals surface area (Å²) in [6, 6.07) is 13.6. The maximum absolute atomic E-state index is 13.0. The number of hydrogen-bond donors (Lipinski definition) is 1. The van der Waals surface area contributed by atoms with Gasteiger partial charge in [0.15, 0.2) is 5.82 Å².